The summed E-state index contributed by atoms with van der Waals surface area (Å²) in [5, 5.41) is 0. The first-order valence-electron chi connectivity index (χ1n) is 12.4. The van der Waals surface area contributed by atoms with Gasteiger partial charge in [-0.2, -0.15) is 0 Å². The van der Waals surface area contributed by atoms with E-state index in [1.807, 2.05) is 0 Å². The third-order valence-electron chi connectivity index (χ3n) is 7.20. The molecule has 6 rings (SSSR count). The topological polar surface area (TPSA) is 57.4 Å². The summed E-state index contributed by atoms with van der Waals surface area (Å²) in [6, 6.07) is 17.3. The second-order valence-electron chi connectivity index (χ2n) is 10.8. The Morgan fingerprint density at radius 1 is 0.784 bits per heavy atom. The van der Waals surface area contributed by atoms with E-state index >= 15 is 0 Å². The number of nitrogens with zero attached hydrogens (tertiary/aromatic N) is 2. The Hall–Kier alpha value is -2.96. The Balaban J connectivity index is 1.77. The second-order valence-corrected chi connectivity index (χ2v) is 12.5. The molecule has 0 unspecified atom stereocenters. The Morgan fingerprint density at radius 3 is 2.27 bits per heavy atom. The van der Waals surface area contributed by atoms with Gasteiger partial charge in [-0.25, -0.2) is 4.98 Å². The van der Waals surface area contributed by atoms with Crippen molar-refractivity contribution in [1.82, 2.24) is 19.9 Å². The van der Waals surface area contributed by atoms with E-state index in [1.54, 1.807) is 0 Å². The quantitative estimate of drug-likeness (QED) is 0.224. The van der Waals surface area contributed by atoms with Gasteiger partial charge >= 0.3 is 0 Å². The number of nitrogens with one attached hydrogen (secondary N) is 2. The lowest BCUT2D eigenvalue weighted by atomic mass is 9.87. The average Bonchev–Trinajstić information content (AvgIpc) is 3.54. The van der Waals surface area contributed by atoms with Gasteiger partial charge in [-0.15, -0.1) is 0 Å². The van der Waals surface area contributed by atoms with E-state index in [-0.39, 0.29) is 5.41 Å². The monoisotopic (exact) mass is 614 g/mol. The van der Waals surface area contributed by atoms with Crippen molar-refractivity contribution in [3.8, 4) is 11.1 Å². The summed E-state index contributed by atoms with van der Waals surface area (Å²) in [4.78, 5) is 17.4. The van der Waals surface area contributed by atoms with Crippen molar-refractivity contribution in [3.05, 3.63) is 92.5 Å². The number of aromatic nitrogens is 4. The number of aromatic amines is 2. The van der Waals surface area contributed by atoms with Crippen molar-refractivity contribution in [1.29, 1.82) is 0 Å². The summed E-state index contributed by atoms with van der Waals surface area (Å²) in [7, 11) is 0. The fraction of sp³-hybridized carbons (Fsp3) is 0.226. The van der Waals surface area contributed by atoms with E-state index in [4.69, 9.17) is 9.97 Å². The van der Waals surface area contributed by atoms with Crippen LogP contribution in [-0.4, -0.2) is 19.9 Å². The van der Waals surface area contributed by atoms with E-state index in [2.05, 4.69) is 131 Å². The van der Waals surface area contributed by atoms with Gasteiger partial charge in [0.05, 0.1) is 16.9 Å². The number of halogens is 2. The Morgan fingerprint density at radius 2 is 1.51 bits per heavy atom. The fourth-order valence-corrected chi connectivity index (χ4v) is 6.44. The maximum absolute atomic E-state index is 5.14. The lowest BCUT2D eigenvalue weighted by Gasteiger charge is -2.15. The van der Waals surface area contributed by atoms with E-state index in [0.717, 1.165) is 65.8 Å². The molecule has 0 saturated carbocycles. The molecular weight excluding hydrogens is 588 g/mol. The minimum Gasteiger partial charge on any atom is -0.355 e. The zero-order valence-electron chi connectivity index (χ0n) is 21.6. The van der Waals surface area contributed by atoms with Crippen LogP contribution in [0.5, 0.6) is 0 Å². The van der Waals surface area contributed by atoms with Gasteiger partial charge in [-0.1, -0.05) is 31.5 Å². The normalized spacial score (nSPS) is 14.6. The zero-order valence-corrected chi connectivity index (χ0v) is 24.7. The van der Waals surface area contributed by atoms with Gasteiger partial charge in [0.25, 0.3) is 0 Å². The van der Waals surface area contributed by atoms with Gasteiger partial charge in [0, 0.05) is 54.3 Å². The summed E-state index contributed by atoms with van der Waals surface area (Å²) in [6.45, 7) is 11.0. The van der Waals surface area contributed by atoms with Crippen molar-refractivity contribution >= 4 is 64.5 Å². The summed E-state index contributed by atoms with van der Waals surface area (Å²) < 4.78 is 1.99. The minimum absolute atomic E-state index is 0.0650. The molecule has 0 fully saturated rings. The first kappa shape index (κ1) is 24.4. The molecule has 0 atom stereocenters. The molecule has 0 amide bonds. The Labute approximate surface area is 233 Å². The number of fused-ring (bicyclic) bond motifs is 8. The fourth-order valence-electron chi connectivity index (χ4n) is 5.56. The van der Waals surface area contributed by atoms with Crippen LogP contribution in [0.15, 0.2) is 53.0 Å². The standard InChI is InChI=1S/C31H28Br2N4/c1-16-8-17(2)29(18(3)9-16)30-24-7-6-19(34-24)11-25-22(32)10-20(35-25)13-28-31(4,5)15-21(36-28)12-26-23(33)14-27(30)37-26/h6-14,34-35H,15H2,1-5H3. The third kappa shape index (κ3) is 4.40. The lowest BCUT2D eigenvalue weighted by Crippen LogP contribution is -2.14. The molecule has 0 aliphatic carbocycles. The molecule has 4 aromatic rings. The van der Waals surface area contributed by atoms with Crippen molar-refractivity contribution in [2.75, 3.05) is 0 Å². The van der Waals surface area contributed by atoms with Crippen LogP contribution in [0.25, 0.3) is 43.8 Å². The molecule has 1 aromatic carbocycles. The molecule has 5 heterocycles. The van der Waals surface area contributed by atoms with Crippen LogP contribution in [-0.2, 0) is 11.8 Å². The first-order valence-corrected chi connectivity index (χ1v) is 14.0. The van der Waals surface area contributed by atoms with Crippen LogP contribution in [0.1, 0.15) is 53.3 Å². The molecule has 0 radical (unpaired) electrons. The van der Waals surface area contributed by atoms with E-state index < -0.39 is 0 Å². The number of H-pyrrole nitrogens is 2. The van der Waals surface area contributed by atoms with E-state index in [0.29, 0.717) is 0 Å². The van der Waals surface area contributed by atoms with Crippen LogP contribution in [0.3, 0.4) is 0 Å². The highest BCUT2D eigenvalue weighted by Gasteiger charge is 2.29. The highest BCUT2D eigenvalue weighted by molar-refractivity contribution is 9.15. The van der Waals surface area contributed by atoms with Gasteiger partial charge in [0.15, 0.2) is 0 Å². The minimum atomic E-state index is -0.0650. The highest BCUT2D eigenvalue weighted by atomic mass is 79.9. The molecular formula is C31H28Br2N4. The number of benzene rings is 1. The molecule has 0 saturated heterocycles. The number of hydrogen-bond donors (Lipinski definition) is 2. The highest BCUT2D eigenvalue weighted by Crippen LogP contribution is 2.39. The van der Waals surface area contributed by atoms with Gasteiger partial charge < -0.3 is 9.97 Å². The first-order chi connectivity index (χ1) is 17.6. The zero-order chi connectivity index (χ0) is 26.1. The maximum Gasteiger partial charge on any atom is 0.0798 e. The molecule has 37 heavy (non-hydrogen) atoms. The molecule has 8 bridgehead atoms. The van der Waals surface area contributed by atoms with Crippen molar-refractivity contribution in [2.45, 2.75) is 46.5 Å². The van der Waals surface area contributed by atoms with Crippen molar-refractivity contribution < 1.29 is 0 Å². The third-order valence-corrected chi connectivity index (χ3v) is 8.50. The van der Waals surface area contributed by atoms with Crippen LogP contribution in [0.2, 0.25) is 0 Å². The van der Waals surface area contributed by atoms with Gasteiger partial charge in [-0.05, 0) is 112 Å². The van der Waals surface area contributed by atoms with E-state index in [9.17, 15) is 0 Å². The van der Waals surface area contributed by atoms with Crippen LogP contribution in [0, 0.1) is 20.8 Å². The average molecular weight is 616 g/mol. The predicted octanol–water partition coefficient (Wildman–Crippen LogP) is 9.08. The number of hydrogen-bond acceptors (Lipinski definition) is 2. The molecule has 186 valence electrons. The van der Waals surface area contributed by atoms with Crippen LogP contribution in [0.4, 0.5) is 0 Å². The van der Waals surface area contributed by atoms with Crippen molar-refractivity contribution in [3.63, 3.8) is 0 Å². The largest absolute Gasteiger partial charge is 0.355 e. The summed E-state index contributed by atoms with van der Waals surface area (Å²) in [6.07, 6.45) is 2.99. The predicted molar refractivity (Wildman–Crippen MR) is 162 cm³/mol. The number of rotatable bonds is 1. The Bertz CT molecular complexity index is 1760. The van der Waals surface area contributed by atoms with Gasteiger partial charge in [0.2, 0.25) is 0 Å². The van der Waals surface area contributed by atoms with Gasteiger partial charge in [-0.3, -0.25) is 4.98 Å². The smallest absolute Gasteiger partial charge is 0.0798 e. The van der Waals surface area contributed by atoms with Gasteiger partial charge in [0.1, 0.15) is 0 Å². The molecule has 6 heteroatoms. The van der Waals surface area contributed by atoms with Crippen molar-refractivity contribution in [2.24, 2.45) is 0 Å². The Kier molecular flexibility index (Phi) is 5.81. The SMILES string of the molecule is Cc1cc(C)c(-c2c3nc(cc4nc(cc5cc(Br)c(cc6ccc2[nH]6)[nH]5)C(C)(C)C4)C(Br)=C3)c(C)c1. The maximum atomic E-state index is 5.14. The summed E-state index contributed by atoms with van der Waals surface area (Å²) in [5.74, 6) is 0. The summed E-state index contributed by atoms with van der Waals surface area (Å²) >= 11 is 7.54. The van der Waals surface area contributed by atoms with Crippen LogP contribution < -0.4 is 0 Å². The lowest BCUT2D eigenvalue weighted by molar-refractivity contribution is 0.543. The molecule has 2 aliphatic rings. The van der Waals surface area contributed by atoms with Crippen LogP contribution >= 0.6 is 31.9 Å². The molecule has 2 aliphatic heterocycles. The molecule has 4 nitrogen and oxygen atoms in total. The van der Waals surface area contributed by atoms with E-state index in [1.165, 1.54) is 22.3 Å². The molecule has 3 aromatic heterocycles. The molecule has 0 spiro atoms. The molecule has 2 N–H and O–H groups in total. The summed E-state index contributed by atoms with van der Waals surface area (Å²) in [5.41, 5.74) is 14.0. The second kappa shape index (κ2) is 8.81. The number of aryl methyl sites for hydroxylation is 3.